The normalized spacial score (nSPS) is 10.8. The van der Waals surface area contributed by atoms with E-state index in [1.165, 1.54) is 18.2 Å². The topological polar surface area (TPSA) is 101 Å². The van der Waals surface area contributed by atoms with Gasteiger partial charge in [-0.05, 0) is 34.5 Å². The van der Waals surface area contributed by atoms with Crippen LogP contribution < -0.4 is 10.9 Å². The minimum Gasteiger partial charge on any atom is -0.268 e. The summed E-state index contributed by atoms with van der Waals surface area (Å²) >= 11 is 5.71. The van der Waals surface area contributed by atoms with Crippen LogP contribution in [0.3, 0.4) is 0 Å². The van der Waals surface area contributed by atoms with Crippen molar-refractivity contribution in [1.29, 1.82) is 0 Å². The van der Waals surface area contributed by atoms with Crippen LogP contribution in [-0.2, 0) is 4.79 Å². The lowest BCUT2D eigenvalue weighted by molar-refractivity contribution is -0.384. The number of hydrogen-bond acceptors (Lipinski definition) is 4. The number of nitro benzene ring substituents is 1. The van der Waals surface area contributed by atoms with Gasteiger partial charge in [-0.3, -0.25) is 30.6 Å². The molecule has 0 saturated carbocycles. The van der Waals surface area contributed by atoms with Gasteiger partial charge in [-0.25, -0.2) is 0 Å². The van der Waals surface area contributed by atoms with Gasteiger partial charge in [0, 0.05) is 17.7 Å². The molecule has 0 fully saturated rings. The van der Waals surface area contributed by atoms with Crippen molar-refractivity contribution in [3.8, 4) is 0 Å². The molecular weight excluding hydrogens is 382 g/mol. The number of nitro groups is 1. The smallest absolute Gasteiger partial charge is 0.268 e. The van der Waals surface area contributed by atoms with Gasteiger partial charge >= 0.3 is 0 Å². The van der Waals surface area contributed by atoms with Crippen LogP contribution >= 0.6 is 11.6 Å². The molecule has 2 amide bonds. The lowest BCUT2D eigenvalue weighted by Crippen LogP contribution is -2.40. The zero-order valence-electron chi connectivity index (χ0n) is 14.4. The highest BCUT2D eigenvalue weighted by Crippen LogP contribution is 2.25. The first-order valence-corrected chi connectivity index (χ1v) is 8.53. The molecule has 0 aliphatic carbocycles. The SMILES string of the molecule is O=C(C=Cc1cccc2ccccc12)NNC(=O)c1ccc(Cl)c([N+](=O)[O-])c1. The van der Waals surface area contributed by atoms with E-state index in [0.29, 0.717) is 0 Å². The van der Waals surface area contributed by atoms with Crippen LogP contribution in [0.5, 0.6) is 0 Å². The fourth-order valence-corrected chi connectivity index (χ4v) is 2.77. The number of hydrazine groups is 1. The number of carbonyl (C=O) groups is 2. The summed E-state index contributed by atoms with van der Waals surface area (Å²) in [5, 5.41) is 12.8. The average molecular weight is 396 g/mol. The van der Waals surface area contributed by atoms with Gasteiger partial charge in [0.25, 0.3) is 17.5 Å². The fourth-order valence-electron chi connectivity index (χ4n) is 2.59. The Labute approximate surface area is 164 Å². The Morgan fingerprint density at radius 3 is 2.54 bits per heavy atom. The number of benzene rings is 3. The summed E-state index contributed by atoms with van der Waals surface area (Å²) in [4.78, 5) is 34.2. The number of hydrogen-bond donors (Lipinski definition) is 2. The van der Waals surface area contributed by atoms with E-state index >= 15 is 0 Å². The predicted octanol–water partition coefficient (Wildman–Crippen LogP) is 3.88. The van der Waals surface area contributed by atoms with E-state index < -0.39 is 22.4 Å². The van der Waals surface area contributed by atoms with E-state index in [9.17, 15) is 19.7 Å². The summed E-state index contributed by atoms with van der Waals surface area (Å²) in [5.74, 6) is -1.25. The van der Waals surface area contributed by atoms with Crippen LogP contribution in [0.1, 0.15) is 15.9 Å². The summed E-state index contributed by atoms with van der Waals surface area (Å²) in [5.41, 5.74) is 4.89. The molecule has 0 aromatic heterocycles. The molecule has 3 rings (SSSR count). The van der Waals surface area contributed by atoms with Gasteiger partial charge in [0.15, 0.2) is 0 Å². The third-order valence-electron chi connectivity index (χ3n) is 3.94. The molecule has 0 atom stereocenters. The average Bonchev–Trinajstić information content (AvgIpc) is 2.70. The van der Waals surface area contributed by atoms with E-state index in [1.807, 2.05) is 42.5 Å². The summed E-state index contributed by atoms with van der Waals surface area (Å²) in [6.45, 7) is 0. The Balaban J connectivity index is 1.65. The molecule has 0 aliphatic rings. The highest BCUT2D eigenvalue weighted by atomic mass is 35.5. The third-order valence-corrected chi connectivity index (χ3v) is 4.26. The number of carbonyl (C=O) groups excluding carboxylic acids is 2. The minimum absolute atomic E-state index is 0.00515. The summed E-state index contributed by atoms with van der Waals surface area (Å²) in [7, 11) is 0. The van der Waals surface area contributed by atoms with Gasteiger partial charge in [-0.2, -0.15) is 0 Å². The van der Waals surface area contributed by atoms with Crippen molar-refractivity contribution in [1.82, 2.24) is 10.9 Å². The van der Waals surface area contributed by atoms with Crippen molar-refractivity contribution in [2.75, 3.05) is 0 Å². The Kier molecular flexibility index (Phi) is 5.67. The van der Waals surface area contributed by atoms with Gasteiger partial charge in [0.1, 0.15) is 5.02 Å². The quantitative estimate of drug-likeness (QED) is 0.397. The highest BCUT2D eigenvalue weighted by molar-refractivity contribution is 6.32. The molecule has 2 N–H and O–H groups in total. The molecule has 0 aliphatic heterocycles. The van der Waals surface area contributed by atoms with Crippen LogP contribution in [0.2, 0.25) is 5.02 Å². The number of nitrogens with zero attached hydrogens (tertiary/aromatic N) is 1. The zero-order valence-corrected chi connectivity index (χ0v) is 15.1. The Bertz CT molecular complexity index is 1110. The molecule has 0 saturated heterocycles. The van der Waals surface area contributed by atoms with Crippen molar-refractivity contribution >= 4 is 46.0 Å². The number of halogens is 1. The van der Waals surface area contributed by atoms with Crippen LogP contribution in [0.15, 0.2) is 66.7 Å². The fraction of sp³-hybridized carbons (Fsp3) is 0. The van der Waals surface area contributed by atoms with Crippen LogP contribution in [-0.4, -0.2) is 16.7 Å². The second-order valence-corrected chi connectivity index (χ2v) is 6.18. The second kappa shape index (κ2) is 8.32. The molecule has 28 heavy (non-hydrogen) atoms. The maximum atomic E-state index is 12.1. The van der Waals surface area contributed by atoms with Crippen molar-refractivity contribution in [2.45, 2.75) is 0 Å². The van der Waals surface area contributed by atoms with Crippen molar-refractivity contribution in [3.63, 3.8) is 0 Å². The standard InChI is InChI=1S/C20H14ClN3O4/c21-17-10-8-15(12-18(17)24(27)28)20(26)23-22-19(25)11-9-14-6-3-5-13-4-1-2-7-16(13)14/h1-12H,(H,22,25)(H,23,26). The lowest BCUT2D eigenvalue weighted by Gasteiger charge is -2.06. The van der Waals surface area contributed by atoms with E-state index in [0.717, 1.165) is 22.4 Å². The minimum atomic E-state index is -0.702. The first kappa shape index (κ1) is 19.1. The molecule has 0 bridgehead atoms. The predicted molar refractivity (Wildman–Crippen MR) is 107 cm³/mol. The van der Waals surface area contributed by atoms with Gasteiger partial charge in [0.2, 0.25) is 0 Å². The molecule has 3 aromatic rings. The monoisotopic (exact) mass is 395 g/mol. The molecule has 7 nitrogen and oxygen atoms in total. The molecule has 0 spiro atoms. The molecule has 140 valence electrons. The second-order valence-electron chi connectivity index (χ2n) is 5.77. The summed E-state index contributed by atoms with van der Waals surface area (Å²) in [6.07, 6.45) is 2.92. The van der Waals surface area contributed by atoms with Crippen LogP contribution in [0.4, 0.5) is 5.69 Å². The maximum absolute atomic E-state index is 12.1. The van der Waals surface area contributed by atoms with Gasteiger partial charge in [0.05, 0.1) is 4.92 Å². The molecule has 0 heterocycles. The number of rotatable bonds is 4. The molecule has 0 radical (unpaired) electrons. The lowest BCUT2D eigenvalue weighted by atomic mass is 10.0. The first-order chi connectivity index (χ1) is 13.5. The van der Waals surface area contributed by atoms with Gasteiger partial charge in [-0.1, -0.05) is 54.1 Å². The largest absolute Gasteiger partial charge is 0.288 e. The number of amides is 2. The Hall–Kier alpha value is -3.71. The number of nitrogens with one attached hydrogen (secondary N) is 2. The molecule has 0 unspecified atom stereocenters. The van der Waals surface area contributed by atoms with E-state index in [2.05, 4.69) is 10.9 Å². The van der Waals surface area contributed by atoms with Crippen LogP contribution in [0.25, 0.3) is 16.8 Å². The molecule has 8 heteroatoms. The molecule has 3 aromatic carbocycles. The Morgan fingerprint density at radius 2 is 1.75 bits per heavy atom. The van der Waals surface area contributed by atoms with Crippen LogP contribution in [0, 0.1) is 10.1 Å². The third kappa shape index (κ3) is 4.33. The van der Waals surface area contributed by atoms with Crippen molar-refractivity contribution < 1.29 is 14.5 Å². The van der Waals surface area contributed by atoms with E-state index in [1.54, 1.807) is 6.08 Å². The zero-order chi connectivity index (χ0) is 20.1. The molecular formula is C20H14ClN3O4. The van der Waals surface area contributed by atoms with Gasteiger partial charge in [-0.15, -0.1) is 0 Å². The number of fused-ring (bicyclic) bond motifs is 1. The highest BCUT2D eigenvalue weighted by Gasteiger charge is 2.16. The maximum Gasteiger partial charge on any atom is 0.288 e. The Morgan fingerprint density at radius 1 is 1.00 bits per heavy atom. The summed E-state index contributed by atoms with van der Waals surface area (Å²) < 4.78 is 0. The van der Waals surface area contributed by atoms with Crippen molar-refractivity contribution in [3.05, 3.63) is 93.0 Å². The summed E-state index contributed by atoms with van der Waals surface area (Å²) in [6, 6.07) is 17.1. The van der Waals surface area contributed by atoms with E-state index in [-0.39, 0.29) is 10.6 Å². The van der Waals surface area contributed by atoms with Crippen molar-refractivity contribution in [2.24, 2.45) is 0 Å². The first-order valence-electron chi connectivity index (χ1n) is 8.16. The van der Waals surface area contributed by atoms with E-state index in [4.69, 9.17) is 11.6 Å². The van der Waals surface area contributed by atoms with Gasteiger partial charge < -0.3 is 0 Å².